The third kappa shape index (κ3) is 4.95. The van der Waals surface area contributed by atoms with Crippen LogP contribution in [-0.4, -0.2) is 41.0 Å². The van der Waals surface area contributed by atoms with Gasteiger partial charge in [0.1, 0.15) is 9.71 Å². The number of hydrogen-bond donors (Lipinski definition) is 2. The number of ether oxygens (including phenoxy) is 1. The second-order valence-corrected chi connectivity index (χ2v) is 15.2. The lowest BCUT2D eigenvalue weighted by Gasteiger charge is -2.41. The molecule has 2 aromatic heterocycles. The molecule has 0 amide bonds. The molecule has 1 atom stereocenters. The third-order valence-electron chi connectivity index (χ3n) is 7.31. The maximum absolute atomic E-state index is 13.7. The van der Waals surface area contributed by atoms with E-state index in [2.05, 4.69) is 4.98 Å². The SMILES string of the molecule is CCOC(=O)c1sc2[nH]c(=O)n(C(C)C(=O)CC(C)(C)[Si](O)(c3ccccc3)c3ccccc3)c(=O)c2c1C. The second kappa shape index (κ2) is 10.9. The van der Waals surface area contributed by atoms with Gasteiger partial charge in [0.15, 0.2) is 5.78 Å². The lowest BCUT2D eigenvalue weighted by Crippen LogP contribution is -2.65. The maximum atomic E-state index is 13.7. The molecule has 4 aromatic rings. The molecular weight excluding hydrogens is 532 g/mol. The summed E-state index contributed by atoms with van der Waals surface area (Å²) in [5, 5.41) is 0.814. The van der Waals surface area contributed by atoms with Gasteiger partial charge in [0, 0.05) is 6.42 Å². The number of H-pyrrole nitrogens is 1. The van der Waals surface area contributed by atoms with E-state index >= 15 is 0 Å². The van der Waals surface area contributed by atoms with E-state index in [1.54, 1.807) is 13.8 Å². The van der Waals surface area contributed by atoms with Gasteiger partial charge in [0.05, 0.1) is 18.0 Å². The minimum absolute atomic E-state index is 0.0682. The van der Waals surface area contributed by atoms with Gasteiger partial charge >= 0.3 is 11.7 Å². The molecule has 1 unspecified atom stereocenters. The van der Waals surface area contributed by atoms with Crippen LogP contribution in [0.1, 0.15) is 55.4 Å². The highest BCUT2D eigenvalue weighted by Crippen LogP contribution is 2.40. The zero-order chi connectivity index (χ0) is 28.5. The molecule has 4 rings (SSSR count). The van der Waals surface area contributed by atoms with E-state index in [1.165, 1.54) is 6.92 Å². The molecule has 0 fully saturated rings. The second-order valence-electron chi connectivity index (χ2n) is 10.2. The summed E-state index contributed by atoms with van der Waals surface area (Å²) in [4.78, 5) is 68.2. The number of aromatic amines is 1. The highest BCUT2D eigenvalue weighted by Gasteiger charge is 2.51. The smallest absolute Gasteiger partial charge is 0.348 e. The number of nitrogens with one attached hydrogen (secondary N) is 1. The van der Waals surface area contributed by atoms with E-state index in [1.807, 2.05) is 74.5 Å². The van der Waals surface area contributed by atoms with Gasteiger partial charge in [-0.25, -0.2) is 14.2 Å². The van der Waals surface area contributed by atoms with Crippen LogP contribution in [0.4, 0.5) is 0 Å². The summed E-state index contributed by atoms with van der Waals surface area (Å²) in [5.74, 6) is -0.928. The van der Waals surface area contributed by atoms with Crippen LogP contribution in [0.15, 0.2) is 70.3 Å². The van der Waals surface area contributed by atoms with Crippen LogP contribution in [0.2, 0.25) is 5.04 Å². The van der Waals surface area contributed by atoms with Crippen molar-refractivity contribution in [2.45, 2.75) is 52.1 Å². The topological polar surface area (TPSA) is 118 Å². The predicted octanol–water partition coefficient (Wildman–Crippen LogP) is 3.29. The average molecular weight is 565 g/mol. The number of carbonyl (C=O) groups is 2. The fourth-order valence-electron chi connectivity index (χ4n) is 5.13. The fourth-order valence-corrected chi connectivity index (χ4v) is 9.89. The first kappa shape index (κ1) is 28.4. The van der Waals surface area contributed by atoms with E-state index in [9.17, 15) is 24.0 Å². The Morgan fingerprint density at radius 3 is 2.10 bits per heavy atom. The number of benzene rings is 2. The number of Topliss-reactive ketones (excluding diaryl/α,β-unsaturated/α-hetero) is 1. The van der Waals surface area contributed by atoms with Gasteiger partial charge in [-0.1, -0.05) is 74.5 Å². The average Bonchev–Trinajstić information content (AvgIpc) is 3.24. The Hall–Kier alpha value is -3.60. The number of fused-ring (bicyclic) bond motifs is 1. The Balaban J connectivity index is 1.75. The van der Waals surface area contributed by atoms with Crippen LogP contribution >= 0.6 is 11.3 Å². The maximum Gasteiger partial charge on any atom is 0.348 e. The first-order valence-corrected chi connectivity index (χ1v) is 15.5. The monoisotopic (exact) mass is 564 g/mol. The normalized spacial score (nSPS) is 12.9. The van der Waals surface area contributed by atoms with Crippen LogP contribution in [0.3, 0.4) is 0 Å². The Kier molecular flexibility index (Phi) is 7.92. The molecule has 0 aliphatic rings. The summed E-state index contributed by atoms with van der Waals surface area (Å²) >= 11 is 0.982. The molecule has 204 valence electrons. The summed E-state index contributed by atoms with van der Waals surface area (Å²) in [6.07, 6.45) is -0.0682. The lowest BCUT2D eigenvalue weighted by molar-refractivity contribution is -0.122. The number of ketones is 1. The molecule has 10 heteroatoms. The van der Waals surface area contributed by atoms with Gasteiger partial charge in [-0.05, 0) is 41.7 Å². The molecule has 0 aliphatic carbocycles. The van der Waals surface area contributed by atoms with Gasteiger partial charge in [-0.15, -0.1) is 11.3 Å². The van der Waals surface area contributed by atoms with E-state index in [4.69, 9.17) is 4.74 Å². The van der Waals surface area contributed by atoms with Gasteiger partial charge < -0.3 is 9.53 Å². The van der Waals surface area contributed by atoms with Crippen molar-refractivity contribution in [1.29, 1.82) is 0 Å². The van der Waals surface area contributed by atoms with E-state index in [0.29, 0.717) is 5.56 Å². The Morgan fingerprint density at radius 1 is 1.05 bits per heavy atom. The summed E-state index contributed by atoms with van der Waals surface area (Å²) in [6, 6.07) is 17.6. The van der Waals surface area contributed by atoms with Crippen LogP contribution in [-0.2, 0) is 9.53 Å². The number of nitrogens with zero attached hydrogens (tertiary/aromatic N) is 1. The Bertz CT molecular complexity index is 1600. The minimum Gasteiger partial charge on any atom is -0.462 e. The molecule has 39 heavy (non-hydrogen) atoms. The quantitative estimate of drug-likeness (QED) is 0.238. The molecule has 0 aliphatic heterocycles. The number of carbonyl (C=O) groups excluding carboxylic acids is 2. The molecule has 0 saturated heterocycles. The third-order valence-corrected chi connectivity index (χ3v) is 13.0. The molecule has 2 N–H and O–H groups in total. The molecule has 0 bridgehead atoms. The van der Waals surface area contributed by atoms with Crippen LogP contribution in [0.5, 0.6) is 0 Å². The van der Waals surface area contributed by atoms with Crippen LogP contribution < -0.4 is 21.6 Å². The van der Waals surface area contributed by atoms with Gasteiger partial charge in [0.2, 0.25) is 0 Å². The molecule has 2 heterocycles. The van der Waals surface area contributed by atoms with Crippen LogP contribution in [0.25, 0.3) is 10.2 Å². The number of esters is 1. The summed E-state index contributed by atoms with van der Waals surface area (Å²) in [5.41, 5.74) is -0.977. The zero-order valence-corrected chi connectivity index (χ0v) is 24.4. The number of rotatable bonds is 9. The Morgan fingerprint density at radius 2 is 1.59 bits per heavy atom. The first-order valence-electron chi connectivity index (χ1n) is 12.7. The number of thiophene rings is 1. The van der Waals surface area contributed by atoms with E-state index in [-0.39, 0.29) is 33.9 Å². The molecular formula is C29H32N2O6SSi. The van der Waals surface area contributed by atoms with Crippen molar-refractivity contribution in [2.75, 3.05) is 6.61 Å². The lowest BCUT2D eigenvalue weighted by atomic mass is 10.0. The van der Waals surface area contributed by atoms with Gasteiger partial charge in [-0.3, -0.25) is 14.6 Å². The summed E-state index contributed by atoms with van der Waals surface area (Å²) in [7, 11) is -3.48. The number of aromatic nitrogens is 2. The molecule has 2 aromatic carbocycles. The first-order chi connectivity index (χ1) is 18.4. The molecule has 0 spiro atoms. The highest BCUT2D eigenvalue weighted by atomic mass is 32.1. The van der Waals surface area contributed by atoms with Crippen molar-refractivity contribution in [1.82, 2.24) is 9.55 Å². The van der Waals surface area contributed by atoms with Gasteiger partial charge in [-0.2, -0.15) is 0 Å². The number of hydrogen-bond acceptors (Lipinski definition) is 7. The predicted molar refractivity (Wildman–Crippen MR) is 156 cm³/mol. The van der Waals surface area contributed by atoms with Gasteiger partial charge in [0.25, 0.3) is 13.9 Å². The largest absolute Gasteiger partial charge is 0.462 e. The highest BCUT2D eigenvalue weighted by molar-refractivity contribution is 7.20. The molecule has 0 saturated carbocycles. The van der Waals surface area contributed by atoms with E-state index < -0.39 is 36.6 Å². The van der Waals surface area contributed by atoms with Crippen molar-refractivity contribution < 1.29 is 19.1 Å². The standard InChI is InChI=1S/C29H32N2O6SSi/c1-6-37-27(34)24-18(2)23-25(38-24)30-28(35)31(26(23)33)19(3)22(32)17-29(4,5)39(36,20-13-9-7-10-14-20)21-15-11-8-12-16-21/h7-16,19,36H,6,17H2,1-5H3,(H,30,35). The molecule has 8 nitrogen and oxygen atoms in total. The zero-order valence-electron chi connectivity index (χ0n) is 22.6. The number of aryl methyl sites for hydroxylation is 1. The van der Waals surface area contributed by atoms with Crippen molar-refractivity contribution in [3.05, 3.63) is 91.9 Å². The minimum atomic E-state index is -3.48. The summed E-state index contributed by atoms with van der Waals surface area (Å²) in [6.45, 7) is 8.71. The van der Waals surface area contributed by atoms with E-state index in [0.717, 1.165) is 26.3 Å². The summed E-state index contributed by atoms with van der Waals surface area (Å²) < 4.78 is 5.98. The Labute approximate surface area is 231 Å². The van der Waals surface area contributed by atoms with Crippen molar-refractivity contribution in [2.24, 2.45) is 0 Å². The van der Waals surface area contributed by atoms with Crippen molar-refractivity contribution >= 4 is 52.0 Å². The fraction of sp³-hybridized carbons (Fsp3) is 0.310. The van der Waals surface area contributed by atoms with Crippen molar-refractivity contribution in [3.63, 3.8) is 0 Å². The van der Waals surface area contributed by atoms with Crippen LogP contribution in [0, 0.1) is 6.92 Å². The molecule has 0 radical (unpaired) electrons. The van der Waals surface area contributed by atoms with Crippen molar-refractivity contribution in [3.8, 4) is 0 Å².